The summed E-state index contributed by atoms with van der Waals surface area (Å²) < 4.78 is 10.5. The fourth-order valence-corrected chi connectivity index (χ4v) is 1.77. The van der Waals surface area contributed by atoms with Crippen LogP contribution >= 0.6 is 0 Å². The number of nitrogens with zero attached hydrogens (tertiary/aromatic N) is 1. The zero-order valence-electron chi connectivity index (χ0n) is 7.62. The number of likely N-dealkylation sites (tertiary alicyclic amines) is 1. The van der Waals surface area contributed by atoms with E-state index in [0.717, 1.165) is 19.5 Å². The van der Waals surface area contributed by atoms with Crippen molar-refractivity contribution in [2.24, 2.45) is 5.73 Å². The van der Waals surface area contributed by atoms with Gasteiger partial charge in [-0.2, -0.15) is 0 Å². The van der Waals surface area contributed by atoms with E-state index in [1.807, 2.05) is 0 Å². The molecule has 0 spiro atoms. The summed E-state index contributed by atoms with van der Waals surface area (Å²) in [7, 11) is 3.38. The van der Waals surface area contributed by atoms with E-state index in [0.29, 0.717) is 12.1 Å². The van der Waals surface area contributed by atoms with E-state index in [1.54, 1.807) is 14.2 Å². The Hall–Kier alpha value is -0.160. The summed E-state index contributed by atoms with van der Waals surface area (Å²) in [5.41, 5.74) is 5.73. The highest BCUT2D eigenvalue weighted by atomic mass is 16.7. The molecular weight excluding hydrogens is 156 g/mol. The van der Waals surface area contributed by atoms with Crippen molar-refractivity contribution in [2.75, 3.05) is 27.3 Å². The second-order valence-corrected chi connectivity index (χ2v) is 3.69. The van der Waals surface area contributed by atoms with E-state index in [2.05, 4.69) is 4.90 Å². The average Bonchev–Trinajstić information content (AvgIpc) is 2.67. The monoisotopic (exact) mass is 172 g/mol. The normalized spacial score (nSPS) is 39.2. The maximum atomic E-state index is 5.73. The van der Waals surface area contributed by atoms with E-state index >= 15 is 0 Å². The Labute approximate surface area is 72.6 Å². The number of methoxy groups -OCH3 is 2. The van der Waals surface area contributed by atoms with Gasteiger partial charge in [-0.05, 0) is 6.42 Å². The first kappa shape index (κ1) is 8.44. The van der Waals surface area contributed by atoms with Gasteiger partial charge in [-0.1, -0.05) is 0 Å². The predicted molar refractivity (Wildman–Crippen MR) is 44.7 cm³/mol. The van der Waals surface area contributed by atoms with Gasteiger partial charge in [-0.15, -0.1) is 0 Å². The molecule has 12 heavy (non-hydrogen) atoms. The smallest absolute Gasteiger partial charge is 0.193 e. The molecule has 1 aliphatic carbocycles. The molecule has 0 aromatic heterocycles. The summed E-state index contributed by atoms with van der Waals surface area (Å²) in [4.78, 5) is 2.32. The van der Waals surface area contributed by atoms with Crippen LogP contribution in [0.4, 0.5) is 0 Å². The average molecular weight is 172 g/mol. The topological polar surface area (TPSA) is 47.7 Å². The number of ether oxygens (including phenoxy) is 2. The Morgan fingerprint density at radius 3 is 2.17 bits per heavy atom. The van der Waals surface area contributed by atoms with Crippen molar-refractivity contribution in [3.63, 3.8) is 0 Å². The molecule has 0 radical (unpaired) electrons. The zero-order chi connectivity index (χ0) is 8.77. The summed E-state index contributed by atoms with van der Waals surface area (Å²) in [6.45, 7) is 1.72. The van der Waals surface area contributed by atoms with Crippen molar-refractivity contribution in [1.29, 1.82) is 0 Å². The molecule has 0 amide bonds. The van der Waals surface area contributed by atoms with Crippen LogP contribution in [0.2, 0.25) is 0 Å². The van der Waals surface area contributed by atoms with E-state index in [9.17, 15) is 0 Å². The number of rotatable bonds is 3. The Morgan fingerprint density at radius 1 is 1.33 bits per heavy atom. The van der Waals surface area contributed by atoms with Crippen LogP contribution in [0.25, 0.3) is 0 Å². The van der Waals surface area contributed by atoms with Crippen LogP contribution in [0, 0.1) is 0 Å². The molecule has 1 heterocycles. The summed E-state index contributed by atoms with van der Waals surface area (Å²) in [6, 6.07) is 0.972. The molecule has 0 aromatic rings. The lowest BCUT2D eigenvalue weighted by Gasteiger charge is -2.47. The Morgan fingerprint density at radius 2 is 1.83 bits per heavy atom. The lowest BCUT2D eigenvalue weighted by molar-refractivity contribution is -0.277. The van der Waals surface area contributed by atoms with Gasteiger partial charge in [0.25, 0.3) is 0 Å². The molecule has 2 atom stereocenters. The molecule has 2 unspecified atom stereocenters. The minimum Gasteiger partial charge on any atom is -0.351 e. The number of hydrogen-bond donors (Lipinski definition) is 1. The van der Waals surface area contributed by atoms with Crippen LogP contribution in [0.1, 0.15) is 6.42 Å². The minimum absolute atomic E-state index is 0.345. The summed E-state index contributed by atoms with van der Waals surface area (Å²) >= 11 is 0. The molecule has 2 rings (SSSR count). The maximum absolute atomic E-state index is 5.73. The van der Waals surface area contributed by atoms with Gasteiger partial charge in [0.15, 0.2) is 5.79 Å². The Bertz CT molecular complexity index is 174. The Kier molecular flexibility index (Phi) is 1.88. The lowest BCUT2D eigenvalue weighted by Crippen LogP contribution is -2.65. The van der Waals surface area contributed by atoms with Crippen molar-refractivity contribution in [2.45, 2.75) is 24.3 Å². The van der Waals surface area contributed by atoms with Crippen LogP contribution < -0.4 is 5.73 Å². The largest absolute Gasteiger partial charge is 0.351 e. The van der Waals surface area contributed by atoms with Gasteiger partial charge in [0.1, 0.15) is 0 Å². The number of hydrogen-bond acceptors (Lipinski definition) is 4. The van der Waals surface area contributed by atoms with E-state index in [1.165, 1.54) is 0 Å². The van der Waals surface area contributed by atoms with Gasteiger partial charge in [0.2, 0.25) is 0 Å². The van der Waals surface area contributed by atoms with Crippen LogP contribution in [0.3, 0.4) is 0 Å². The fourth-order valence-electron chi connectivity index (χ4n) is 1.77. The van der Waals surface area contributed by atoms with Crippen molar-refractivity contribution in [3.05, 3.63) is 0 Å². The second kappa shape index (κ2) is 2.67. The molecule has 4 nitrogen and oxygen atoms in total. The van der Waals surface area contributed by atoms with E-state index in [-0.39, 0.29) is 5.79 Å². The first-order valence-corrected chi connectivity index (χ1v) is 4.31. The molecule has 70 valence electrons. The molecule has 0 bridgehead atoms. The molecule has 1 saturated heterocycles. The van der Waals surface area contributed by atoms with E-state index < -0.39 is 0 Å². The lowest BCUT2D eigenvalue weighted by atomic mass is 10.1. The molecule has 2 fully saturated rings. The van der Waals surface area contributed by atoms with E-state index in [4.69, 9.17) is 15.2 Å². The molecule has 0 aromatic carbocycles. The van der Waals surface area contributed by atoms with Gasteiger partial charge >= 0.3 is 0 Å². The summed E-state index contributed by atoms with van der Waals surface area (Å²) in [5.74, 6) is -0.345. The first-order valence-electron chi connectivity index (χ1n) is 4.31. The third-order valence-electron chi connectivity index (χ3n) is 2.91. The molecular formula is C8H16N2O2. The van der Waals surface area contributed by atoms with Crippen LogP contribution in [-0.2, 0) is 9.47 Å². The first-order chi connectivity index (χ1) is 5.71. The fraction of sp³-hybridized carbons (Fsp3) is 1.00. The summed E-state index contributed by atoms with van der Waals surface area (Å²) in [6.07, 6.45) is 1.13. The van der Waals surface area contributed by atoms with Gasteiger partial charge in [-0.25, -0.2) is 0 Å². The van der Waals surface area contributed by atoms with Gasteiger partial charge in [0, 0.05) is 26.3 Å². The standard InChI is InChI=1S/C8H16N2O2/c1-11-8(12-2)4-10(5-8)7-3-6(7)9/h6-7H,3-5,9H2,1-2H3. The third-order valence-corrected chi connectivity index (χ3v) is 2.91. The highest BCUT2D eigenvalue weighted by molar-refractivity contribution is 5.05. The summed E-state index contributed by atoms with van der Waals surface area (Å²) in [5, 5.41) is 0. The SMILES string of the molecule is COC1(OC)CN(C2CC2N)C1. The molecule has 4 heteroatoms. The van der Waals surface area contributed by atoms with Gasteiger partial charge in [0.05, 0.1) is 13.1 Å². The number of nitrogens with two attached hydrogens (primary N) is 1. The molecule has 1 aliphatic heterocycles. The van der Waals surface area contributed by atoms with Crippen LogP contribution in [0.5, 0.6) is 0 Å². The predicted octanol–water partition coefficient (Wildman–Crippen LogP) is -0.609. The highest BCUT2D eigenvalue weighted by Crippen LogP contribution is 2.35. The minimum atomic E-state index is -0.345. The van der Waals surface area contributed by atoms with Crippen molar-refractivity contribution >= 4 is 0 Å². The zero-order valence-corrected chi connectivity index (χ0v) is 7.62. The van der Waals surface area contributed by atoms with Gasteiger partial charge < -0.3 is 15.2 Å². The van der Waals surface area contributed by atoms with Crippen molar-refractivity contribution in [3.8, 4) is 0 Å². The second-order valence-electron chi connectivity index (χ2n) is 3.69. The van der Waals surface area contributed by atoms with Gasteiger partial charge in [-0.3, -0.25) is 4.90 Å². The van der Waals surface area contributed by atoms with Crippen LogP contribution in [-0.4, -0.2) is 50.1 Å². The van der Waals surface area contributed by atoms with Crippen molar-refractivity contribution < 1.29 is 9.47 Å². The van der Waals surface area contributed by atoms with Crippen molar-refractivity contribution in [1.82, 2.24) is 4.90 Å². The molecule has 2 aliphatic rings. The highest BCUT2D eigenvalue weighted by Gasteiger charge is 2.52. The molecule has 1 saturated carbocycles. The Balaban J connectivity index is 1.82. The molecule has 2 N–H and O–H groups in total. The quantitative estimate of drug-likeness (QED) is 0.577. The third kappa shape index (κ3) is 1.15. The maximum Gasteiger partial charge on any atom is 0.193 e. The van der Waals surface area contributed by atoms with Crippen LogP contribution in [0.15, 0.2) is 0 Å².